The Hall–Kier alpha value is -0.740. The molecule has 0 amide bonds. The lowest BCUT2D eigenvalue weighted by molar-refractivity contribution is -0.301. The molecule has 0 radical (unpaired) electrons. The number of rotatable bonds is 12. The van der Waals surface area contributed by atoms with Crippen LogP contribution in [0.5, 0.6) is 0 Å². The van der Waals surface area contributed by atoms with E-state index in [1.54, 1.807) is 0 Å². The maximum absolute atomic E-state index is 9.88. The van der Waals surface area contributed by atoms with Gasteiger partial charge in [-0.15, -0.1) is 0 Å². The van der Waals surface area contributed by atoms with Gasteiger partial charge in [0, 0.05) is 0 Å². The van der Waals surface area contributed by atoms with Crippen molar-refractivity contribution in [1.29, 1.82) is 0 Å². The van der Waals surface area contributed by atoms with Crippen molar-refractivity contribution in [2.45, 2.75) is 87.1 Å². The molecule has 0 aromatic carbocycles. The molecule has 10 atom stereocenters. The summed E-state index contributed by atoms with van der Waals surface area (Å²) in [5.74, 6) is 0. The highest BCUT2D eigenvalue weighted by Gasteiger charge is 2.44. The molecule has 2 fully saturated rings. The Labute approximate surface area is 186 Å². The van der Waals surface area contributed by atoms with Gasteiger partial charge in [0.25, 0.3) is 0 Å². The minimum Gasteiger partial charge on any atom is -0.394 e. The van der Waals surface area contributed by atoms with Crippen LogP contribution in [-0.4, -0.2) is 129 Å². The van der Waals surface area contributed by atoms with Crippen molar-refractivity contribution in [2.75, 3.05) is 26.4 Å². The number of allylic oxidation sites excluding steroid dienone is 2. The molecular weight excluding hydrogens is 432 g/mol. The van der Waals surface area contributed by atoms with Gasteiger partial charge in [0.05, 0.1) is 26.4 Å². The summed E-state index contributed by atoms with van der Waals surface area (Å²) in [5, 5.41) is 76.9. The second kappa shape index (κ2) is 13.8. The fourth-order valence-corrected chi connectivity index (χ4v) is 3.45. The molecule has 0 bridgehead atoms. The third kappa shape index (κ3) is 7.38. The lowest BCUT2D eigenvalue weighted by Gasteiger charge is -2.39. The van der Waals surface area contributed by atoms with E-state index in [4.69, 9.17) is 29.2 Å². The molecule has 0 aliphatic carbocycles. The Morgan fingerprint density at radius 2 is 0.938 bits per heavy atom. The smallest absolute Gasteiger partial charge is 0.186 e. The van der Waals surface area contributed by atoms with Crippen molar-refractivity contribution in [3.63, 3.8) is 0 Å². The van der Waals surface area contributed by atoms with Gasteiger partial charge in [-0.3, -0.25) is 0 Å². The molecule has 12 heteroatoms. The van der Waals surface area contributed by atoms with Crippen LogP contribution in [0.2, 0.25) is 0 Å². The predicted octanol–water partition coefficient (Wildman–Crippen LogP) is -3.26. The summed E-state index contributed by atoms with van der Waals surface area (Å²) in [5.41, 5.74) is 0. The van der Waals surface area contributed by atoms with Gasteiger partial charge in [0.15, 0.2) is 12.6 Å². The second-order valence-electron chi connectivity index (χ2n) is 7.89. The Bertz CT molecular complexity index is 499. The maximum Gasteiger partial charge on any atom is 0.186 e. The van der Waals surface area contributed by atoms with Gasteiger partial charge in [-0.1, -0.05) is 12.2 Å². The highest BCUT2D eigenvalue weighted by atomic mass is 16.7. The van der Waals surface area contributed by atoms with E-state index in [1.807, 2.05) is 12.2 Å². The number of hydrogen-bond donors (Lipinski definition) is 8. The highest BCUT2D eigenvalue weighted by molar-refractivity contribution is 4.90. The Kier molecular flexibility index (Phi) is 11.9. The van der Waals surface area contributed by atoms with Crippen LogP contribution >= 0.6 is 0 Å². The van der Waals surface area contributed by atoms with E-state index in [9.17, 15) is 30.6 Å². The molecule has 12 nitrogen and oxygen atoms in total. The number of hydrogen-bond acceptors (Lipinski definition) is 12. The first-order chi connectivity index (χ1) is 15.3. The molecule has 2 aliphatic rings. The van der Waals surface area contributed by atoms with Crippen LogP contribution in [0.1, 0.15) is 25.7 Å². The quantitative estimate of drug-likeness (QED) is 0.105. The van der Waals surface area contributed by atoms with E-state index in [-0.39, 0.29) is 13.2 Å². The molecule has 8 N–H and O–H groups in total. The van der Waals surface area contributed by atoms with Crippen molar-refractivity contribution in [2.24, 2.45) is 0 Å². The lowest BCUT2D eigenvalue weighted by atomic mass is 9.99. The average Bonchev–Trinajstić information content (AvgIpc) is 2.79. The van der Waals surface area contributed by atoms with Crippen LogP contribution in [0.25, 0.3) is 0 Å². The summed E-state index contributed by atoms with van der Waals surface area (Å²) in [6.45, 7) is -0.526. The van der Waals surface area contributed by atoms with Crippen molar-refractivity contribution in [1.82, 2.24) is 0 Å². The van der Waals surface area contributed by atoms with Gasteiger partial charge >= 0.3 is 0 Å². The van der Waals surface area contributed by atoms with Gasteiger partial charge < -0.3 is 59.8 Å². The van der Waals surface area contributed by atoms with Gasteiger partial charge in [-0.25, -0.2) is 0 Å². The SMILES string of the molecule is OC[C@H]1O[C@H](OCCC/C=C/CCCO[C@H]2O[C@H](CO)[C@@H](O)[C@H](O)[C@H]2O)[C@H](O)[C@@H](O)[C@@H]1O. The Morgan fingerprint density at radius 1 is 0.562 bits per heavy atom. The van der Waals surface area contributed by atoms with E-state index < -0.39 is 74.6 Å². The fourth-order valence-electron chi connectivity index (χ4n) is 3.45. The molecule has 188 valence electrons. The molecule has 0 spiro atoms. The topological polar surface area (TPSA) is 199 Å². The zero-order valence-corrected chi connectivity index (χ0v) is 17.8. The van der Waals surface area contributed by atoms with Gasteiger partial charge in [0.2, 0.25) is 0 Å². The molecule has 2 rings (SSSR count). The number of aliphatic hydroxyl groups is 8. The molecular formula is C20H36O12. The van der Waals surface area contributed by atoms with Gasteiger partial charge in [-0.2, -0.15) is 0 Å². The van der Waals surface area contributed by atoms with Crippen LogP contribution in [0, 0.1) is 0 Å². The molecule has 2 heterocycles. The normalized spacial score (nSPS) is 40.8. The van der Waals surface area contributed by atoms with E-state index >= 15 is 0 Å². The summed E-state index contributed by atoms with van der Waals surface area (Å²) in [6, 6.07) is 0. The van der Waals surface area contributed by atoms with Gasteiger partial charge in [0.1, 0.15) is 48.8 Å². The minimum absolute atomic E-state index is 0.243. The maximum atomic E-state index is 9.88. The monoisotopic (exact) mass is 468 g/mol. The predicted molar refractivity (Wildman–Crippen MR) is 107 cm³/mol. The van der Waals surface area contributed by atoms with Gasteiger partial charge in [-0.05, 0) is 25.7 Å². The van der Waals surface area contributed by atoms with Crippen molar-refractivity contribution >= 4 is 0 Å². The Balaban J connectivity index is 1.55. The highest BCUT2D eigenvalue weighted by Crippen LogP contribution is 2.23. The van der Waals surface area contributed by atoms with Crippen LogP contribution in [0.3, 0.4) is 0 Å². The second-order valence-corrected chi connectivity index (χ2v) is 7.89. The first-order valence-corrected chi connectivity index (χ1v) is 10.8. The molecule has 2 aliphatic heterocycles. The summed E-state index contributed by atoms with van der Waals surface area (Å²) >= 11 is 0. The van der Waals surface area contributed by atoms with Crippen LogP contribution in [0.15, 0.2) is 12.2 Å². The minimum atomic E-state index is -1.46. The molecule has 0 aromatic heterocycles. The molecule has 0 saturated carbocycles. The third-order valence-electron chi connectivity index (χ3n) is 5.46. The number of unbranched alkanes of at least 4 members (excludes halogenated alkanes) is 2. The standard InChI is InChI=1S/C20H36O12/c21-9-11-13(23)15(25)17(27)19(31-11)29-7-5-3-1-2-4-6-8-30-20-18(28)16(26)14(24)12(10-22)32-20/h1-2,11-28H,3-10H2/b2-1+/t11-,12-,13-,14-,15+,16+,17-,18-,19+,20+/m1/s1. The largest absolute Gasteiger partial charge is 0.394 e. The zero-order chi connectivity index (χ0) is 23.7. The molecule has 32 heavy (non-hydrogen) atoms. The summed E-state index contributed by atoms with van der Waals surface area (Å²) in [4.78, 5) is 0. The summed E-state index contributed by atoms with van der Waals surface area (Å²) < 4.78 is 21.3. The van der Waals surface area contributed by atoms with Crippen molar-refractivity contribution in [3.05, 3.63) is 12.2 Å². The number of aliphatic hydroxyl groups excluding tert-OH is 8. The van der Waals surface area contributed by atoms with Crippen molar-refractivity contribution in [3.8, 4) is 0 Å². The molecule has 0 unspecified atom stereocenters. The first kappa shape index (κ1) is 27.5. The average molecular weight is 468 g/mol. The molecule has 0 aromatic rings. The summed E-state index contributed by atoms with van der Waals surface area (Å²) in [7, 11) is 0. The fraction of sp³-hybridized carbons (Fsp3) is 0.900. The zero-order valence-electron chi connectivity index (χ0n) is 17.8. The molecule has 2 saturated heterocycles. The van der Waals surface area contributed by atoms with E-state index in [0.717, 1.165) is 0 Å². The first-order valence-electron chi connectivity index (χ1n) is 10.8. The van der Waals surface area contributed by atoms with E-state index in [1.165, 1.54) is 0 Å². The lowest BCUT2D eigenvalue weighted by Crippen LogP contribution is -2.59. The third-order valence-corrected chi connectivity index (χ3v) is 5.46. The van der Waals surface area contributed by atoms with Crippen LogP contribution in [-0.2, 0) is 18.9 Å². The van der Waals surface area contributed by atoms with E-state index in [2.05, 4.69) is 0 Å². The van der Waals surface area contributed by atoms with E-state index in [0.29, 0.717) is 25.7 Å². The van der Waals surface area contributed by atoms with Crippen LogP contribution < -0.4 is 0 Å². The van der Waals surface area contributed by atoms with Crippen molar-refractivity contribution < 1.29 is 59.8 Å². The Morgan fingerprint density at radius 3 is 1.28 bits per heavy atom. The number of ether oxygens (including phenoxy) is 4. The summed E-state index contributed by atoms with van der Waals surface area (Å²) in [6.07, 6.45) is -6.35. The van der Waals surface area contributed by atoms with Crippen LogP contribution in [0.4, 0.5) is 0 Å².